The molecule has 0 heterocycles. The number of rotatable bonds is 12. The van der Waals surface area contributed by atoms with E-state index in [1.54, 1.807) is 57.2 Å². The van der Waals surface area contributed by atoms with Crippen molar-refractivity contribution in [3.8, 4) is 0 Å². The molecule has 0 radical (unpaired) electrons. The van der Waals surface area contributed by atoms with E-state index in [4.69, 9.17) is 10.1 Å². The Morgan fingerprint density at radius 2 is 1.84 bits per heavy atom. The minimum Gasteiger partial charge on any atom is -0.444 e. The van der Waals surface area contributed by atoms with Crippen LogP contribution in [0.25, 0.3) is 0 Å². The molecule has 238 valence electrons. The second-order valence-corrected chi connectivity index (χ2v) is 13.4. The summed E-state index contributed by atoms with van der Waals surface area (Å²) in [5.74, 6) is 0.214. The number of carbonyl (C=O) groups excluding carboxylic acids is 1. The predicted octanol–water partition coefficient (Wildman–Crippen LogP) is 9.90. The number of hydrogen-bond donors (Lipinski definition) is 4. The summed E-state index contributed by atoms with van der Waals surface area (Å²) in [6, 6.07) is 11.6. The number of allylic oxidation sites excluding steroid dienone is 2. The monoisotopic (exact) mass is 678 g/mol. The molecule has 1 unspecified atom stereocenters. The summed E-state index contributed by atoms with van der Waals surface area (Å²) in [6.07, 6.45) is 1.82. The van der Waals surface area contributed by atoms with Crippen molar-refractivity contribution in [2.75, 3.05) is 10.6 Å². The molecule has 1 atom stereocenters. The molecule has 2 aromatic rings. The average Bonchev–Trinajstić information content (AvgIpc) is 3.73. The lowest BCUT2D eigenvalue weighted by atomic mass is 9.89. The molecule has 11 heteroatoms. The maximum absolute atomic E-state index is 15.1. The topological polar surface area (TPSA) is 86.2 Å². The number of nitrogens with one attached hydrogen (secondary N) is 4. The standard InChI is InChI=1S/C33H39BrF4N4O2/c1-32(2,3)44-31(43)40-19-21-6-4-9-24(16-21)41-28(18-29(39)33(36,37)38)30(22-7-5-8-22)42-27-17-23(13-15-26(27)35)25(34)14-12-20-10-11-20/h4,6,9,13,15-18,20,25,39,41-42H,5,7-8,10-12,14,19H2,1-3H3,(H,40,43)/b28-18-,39-29?. The van der Waals surface area contributed by atoms with Crippen LogP contribution < -0.4 is 16.0 Å². The minimum absolute atomic E-state index is 0.00629. The molecule has 2 saturated carbocycles. The van der Waals surface area contributed by atoms with E-state index in [1.807, 2.05) is 0 Å². The van der Waals surface area contributed by atoms with Gasteiger partial charge in [0.05, 0.1) is 17.1 Å². The van der Waals surface area contributed by atoms with Crippen LogP contribution in [-0.2, 0) is 11.3 Å². The summed E-state index contributed by atoms with van der Waals surface area (Å²) in [6.45, 7) is 5.38. The van der Waals surface area contributed by atoms with Crippen molar-refractivity contribution in [1.29, 1.82) is 5.41 Å². The summed E-state index contributed by atoms with van der Waals surface area (Å²) in [7, 11) is 0. The third-order valence-corrected chi connectivity index (χ3v) is 8.34. The van der Waals surface area contributed by atoms with E-state index in [1.165, 1.54) is 18.9 Å². The summed E-state index contributed by atoms with van der Waals surface area (Å²) < 4.78 is 61.2. The number of benzene rings is 2. The van der Waals surface area contributed by atoms with Crippen LogP contribution in [0.4, 0.5) is 33.7 Å². The Morgan fingerprint density at radius 1 is 1.11 bits per heavy atom. The van der Waals surface area contributed by atoms with Crippen molar-refractivity contribution in [1.82, 2.24) is 5.32 Å². The van der Waals surface area contributed by atoms with Gasteiger partial charge < -0.3 is 20.7 Å². The van der Waals surface area contributed by atoms with Crippen molar-refractivity contribution in [2.45, 2.75) is 88.9 Å². The van der Waals surface area contributed by atoms with Gasteiger partial charge in [-0.1, -0.05) is 47.0 Å². The van der Waals surface area contributed by atoms with Crippen LogP contribution >= 0.6 is 15.9 Å². The van der Waals surface area contributed by atoms with Crippen molar-refractivity contribution in [2.24, 2.45) is 5.92 Å². The van der Waals surface area contributed by atoms with E-state index in [0.29, 0.717) is 29.8 Å². The summed E-state index contributed by atoms with van der Waals surface area (Å²) >= 11 is 3.72. The first-order valence-electron chi connectivity index (χ1n) is 14.8. The molecule has 1 amide bonds. The molecule has 4 N–H and O–H groups in total. The fraction of sp³-hybridized carbons (Fsp3) is 0.455. The molecule has 2 aromatic carbocycles. The van der Waals surface area contributed by atoms with Crippen LogP contribution in [-0.4, -0.2) is 23.6 Å². The van der Waals surface area contributed by atoms with Gasteiger partial charge in [0.2, 0.25) is 0 Å². The highest BCUT2D eigenvalue weighted by Crippen LogP contribution is 2.40. The molecule has 0 aromatic heterocycles. The second kappa shape index (κ2) is 14.2. The van der Waals surface area contributed by atoms with Crippen LogP contribution in [0, 0.1) is 17.1 Å². The lowest BCUT2D eigenvalue weighted by Crippen LogP contribution is -2.32. The largest absolute Gasteiger partial charge is 0.444 e. The van der Waals surface area contributed by atoms with Gasteiger partial charge in [-0.2, -0.15) is 13.2 Å². The molecule has 0 saturated heterocycles. The number of halogens is 5. The molecule has 6 nitrogen and oxygen atoms in total. The van der Waals surface area contributed by atoms with Gasteiger partial charge in [0.1, 0.15) is 17.1 Å². The number of hydrogen-bond acceptors (Lipinski definition) is 5. The first-order chi connectivity index (χ1) is 20.7. The third-order valence-electron chi connectivity index (χ3n) is 7.35. The van der Waals surface area contributed by atoms with Gasteiger partial charge in [-0.15, -0.1) is 0 Å². The minimum atomic E-state index is -4.88. The maximum Gasteiger partial charge on any atom is 0.432 e. The zero-order valence-corrected chi connectivity index (χ0v) is 26.7. The molecule has 44 heavy (non-hydrogen) atoms. The van der Waals surface area contributed by atoms with Gasteiger partial charge in [0.25, 0.3) is 0 Å². The molecule has 0 spiro atoms. The number of alkyl halides is 4. The van der Waals surface area contributed by atoms with Gasteiger partial charge in [-0.3, -0.25) is 5.41 Å². The number of ether oxygens (including phenoxy) is 1. The number of amides is 1. The van der Waals surface area contributed by atoms with Crippen LogP contribution in [0.15, 0.2) is 65.5 Å². The first-order valence-corrected chi connectivity index (χ1v) is 15.7. The van der Waals surface area contributed by atoms with E-state index in [-0.39, 0.29) is 22.8 Å². The van der Waals surface area contributed by atoms with Gasteiger partial charge in [-0.05, 0) is 106 Å². The fourth-order valence-corrected chi connectivity index (χ4v) is 5.22. The van der Waals surface area contributed by atoms with Crippen molar-refractivity contribution >= 4 is 39.1 Å². The highest BCUT2D eigenvalue weighted by atomic mass is 79.9. The van der Waals surface area contributed by atoms with Gasteiger partial charge in [-0.25, -0.2) is 9.18 Å². The highest BCUT2D eigenvalue weighted by Gasteiger charge is 2.34. The Labute approximate surface area is 264 Å². The third kappa shape index (κ3) is 10.1. The Kier molecular flexibility index (Phi) is 10.8. The quantitative estimate of drug-likeness (QED) is 0.102. The Morgan fingerprint density at radius 3 is 2.45 bits per heavy atom. The molecule has 0 bridgehead atoms. The first kappa shape index (κ1) is 33.6. The summed E-state index contributed by atoms with van der Waals surface area (Å²) in [5, 5.41) is 16.5. The smallest absolute Gasteiger partial charge is 0.432 e. The number of carbonyl (C=O) groups is 1. The lowest BCUT2D eigenvalue weighted by molar-refractivity contribution is -0.0584. The molecule has 2 aliphatic carbocycles. The van der Waals surface area contributed by atoms with Crippen LogP contribution in [0.2, 0.25) is 0 Å². The summed E-state index contributed by atoms with van der Waals surface area (Å²) in [4.78, 5) is 12.1. The molecule has 2 aliphatic rings. The zero-order chi connectivity index (χ0) is 32.1. The molecular weight excluding hydrogens is 640 g/mol. The van der Waals surface area contributed by atoms with E-state index in [9.17, 15) is 18.0 Å². The van der Waals surface area contributed by atoms with Gasteiger partial charge in [0.15, 0.2) is 0 Å². The van der Waals surface area contributed by atoms with E-state index in [2.05, 4.69) is 31.9 Å². The molecular formula is C33H39BrF4N4O2. The van der Waals surface area contributed by atoms with Crippen LogP contribution in [0.1, 0.15) is 81.7 Å². The molecule has 0 aliphatic heterocycles. The second-order valence-electron chi connectivity index (χ2n) is 12.3. The van der Waals surface area contributed by atoms with Crippen molar-refractivity contribution in [3.63, 3.8) is 0 Å². The zero-order valence-electron chi connectivity index (χ0n) is 25.1. The Balaban J connectivity index is 1.61. The van der Waals surface area contributed by atoms with Gasteiger partial charge in [0, 0.05) is 17.1 Å². The Hall–Kier alpha value is -3.34. The van der Waals surface area contributed by atoms with Crippen molar-refractivity contribution < 1.29 is 27.1 Å². The van der Waals surface area contributed by atoms with E-state index >= 15 is 4.39 Å². The fourth-order valence-electron chi connectivity index (χ4n) is 4.67. The van der Waals surface area contributed by atoms with Crippen molar-refractivity contribution in [3.05, 3.63) is 82.5 Å². The van der Waals surface area contributed by atoms with Gasteiger partial charge >= 0.3 is 12.3 Å². The summed E-state index contributed by atoms with van der Waals surface area (Å²) in [5.41, 5.74) is 1.05. The van der Waals surface area contributed by atoms with E-state index in [0.717, 1.165) is 42.4 Å². The molecule has 4 rings (SSSR count). The normalized spacial score (nSPS) is 16.1. The van der Waals surface area contributed by atoms with E-state index < -0.39 is 29.4 Å². The lowest BCUT2D eigenvalue weighted by Gasteiger charge is -2.27. The van der Waals surface area contributed by atoms with Crippen LogP contribution in [0.3, 0.4) is 0 Å². The van der Waals surface area contributed by atoms with Crippen LogP contribution in [0.5, 0.6) is 0 Å². The number of anilines is 2. The highest BCUT2D eigenvalue weighted by molar-refractivity contribution is 9.09. The maximum atomic E-state index is 15.1. The predicted molar refractivity (Wildman–Crippen MR) is 170 cm³/mol. The number of alkyl carbamates (subject to hydrolysis) is 1. The average molecular weight is 680 g/mol. The molecule has 2 fully saturated rings. The Bertz CT molecular complexity index is 1420. The SMILES string of the molecule is CC(C)(C)OC(=O)NCc1cccc(N/C(=C\C(=N)C(F)(F)F)C(Nc2cc(C(Br)CCC3CC3)ccc2F)=C2CCC2)c1.